The second-order valence-electron chi connectivity index (χ2n) is 4.68. The van der Waals surface area contributed by atoms with Crippen molar-refractivity contribution in [2.24, 2.45) is 0 Å². The first-order valence-corrected chi connectivity index (χ1v) is 7.27. The highest BCUT2D eigenvalue weighted by Gasteiger charge is 2.20. The molecule has 1 aromatic carbocycles. The van der Waals surface area contributed by atoms with Gasteiger partial charge in [-0.15, -0.1) is 0 Å². The first-order chi connectivity index (χ1) is 10.3. The summed E-state index contributed by atoms with van der Waals surface area (Å²) < 4.78 is 16.5. The fraction of sp³-hybridized carbons (Fsp3) is 0.533. The molecule has 0 bridgehead atoms. The number of hydrogen-bond donors (Lipinski definition) is 2. The van der Waals surface area contributed by atoms with E-state index in [-0.39, 0.29) is 12.1 Å². The van der Waals surface area contributed by atoms with Crippen LogP contribution >= 0.6 is 0 Å². The number of rotatable bonds is 7. The molecule has 1 aliphatic rings. The van der Waals surface area contributed by atoms with Crippen molar-refractivity contribution >= 4 is 6.03 Å². The maximum Gasteiger partial charge on any atom is 0.314 e. The number of benzene rings is 1. The topological polar surface area (TPSA) is 68.8 Å². The van der Waals surface area contributed by atoms with Crippen LogP contribution in [0.4, 0.5) is 4.79 Å². The van der Waals surface area contributed by atoms with E-state index in [1.165, 1.54) is 0 Å². The highest BCUT2D eigenvalue weighted by molar-refractivity contribution is 5.73. The highest BCUT2D eigenvalue weighted by Crippen LogP contribution is 2.30. The van der Waals surface area contributed by atoms with Gasteiger partial charge in [0.05, 0.1) is 6.54 Å². The molecule has 2 N–H and O–H groups in total. The van der Waals surface area contributed by atoms with Crippen LogP contribution in [0.1, 0.15) is 13.3 Å². The van der Waals surface area contributed by atoms with Gasteiger partial charge in [-0.25, -0.2) is 4.79 Å². The van der Waals surface area contributed by atoms with Gasteiger partial charge in [-0.3, -0.25) is 0 Å². The summed E-state index contributed by atoms with van der Waals surface area (Å²) in [5.74, 6) is 1.46. The van der Waals surface area contributed by atoms with Crippen LogP contribution in [-0.4, -0.2) is 45.0 Å². The van der Waals surface area contributed by atoms with Crippen LogP contribution in [0.15, 0.2) is 24.3 Å². The van der Waals surface area contributed by atoms with Crippen molar-refractivity contribution in [3.05, 3.63) is 24.3 Å². The molecule has 2 rings (SSSR count). The standard InChI is InChI=1S/C15H22N2O4/c1-2-19-9-5-8-16-15(18)17-10-12-11-20-13-6-3-4-7-14(13)21-12/h3-4,6-7,12H,2,5,8-11H2,1H3,(H2,16,17,18). The molecule has 21 heavy (non-hydrogen) atoms. The number of fused-ring (bicyclic) bond motifs is 1. The Morgan fingerprint density at radius 3 is 2.95 bits per heavy atom. The smallest absolute Gasteiger partial charge is 0.314 e. The Balaban J connectivity index is 1.62. The lowest BCUT2D eigenvalue weighted by atomic mass is 10.2. The molecule has 1 atom stereocenters. The predicted octanol–water partition coefficient (Wildman–Crippen LogP) is 1.55. The number of ether oxygens (including phenoxy) is 3. The molecule has 0 saturated heterocycles. The fourth-order valence-corrected chi connectivity index (χ4v) is 1.95. The van der Waals surface area contributed by atoms with Crippen LogP contribution in [0.3, 0.4) is 0 Å². The molecule has 116 valence electrons. The molecule has 0 aliphatic carbocycles. The summed E-state index contributed by atoms with van der Waals surface area (Å²) in [6.45, 7) is 4.74. The zero-order valence-corrected chi connectivity index (χ0v) is 12.3. The largest absolute Gasteiger partial charge is 0.486 e. The Morgan fingerprint density at radius 2 is 2.14 bits per heavy atom. The van der Waals surface area contributed by atoms with Gasteiger partial charge in [0.1, 0.15) is 6.61 Å². The second kappa shape index (κ2) is 8.36. The highest BCUT2D eigenvalue weighted by atomic mass is 16.6. The zero-order valence-electron chi connectivity index (χ0n) is 12.3. The van der Waals surface area contributed by atoms with E-state index in [9.17, 15) is 4.79 Å². The van der Waals surface area contributed by atoms with E-state index in [0.29, 0.717) is 38.7 Å². The lowest BCUT2D eigenvalue weighted by molar-refractivity contribution is 0.0917. The van der Waals surface area contributed by atoms with Crippen LogP contribution in [0, 0.1) is 0 Å². The van der Waals surface area contributed by atoms with Crippen LogP contribution in [0.25, 0.3) is 0 Å². The van der Waals surface area contributed by atoms with E-state index in [0.717, 1.165) is 12.2 Å². The number of hydrogen-bond acceptors (Lipinski definition) is 4. The first-order valence-electron chi connectivity index (χ1n) is 7.27. The van der Waals surface area contributed by atoms with Crippen LogP contribution in [0.2, 0.25) is 0 Å². The third-order valence-corrected chi connectivity index (χ3v) is 3.01. The van der Waals surface area contributed by atoms with E-state index in [1.807, 2.05) is 31.2 Å². The van der Waals surface area contributed by atoms with Gasteiger partial charge in [0.15, 0.2) is 17.6 Å². The Morgan fingerprint density at radius 1 is 1.33 bits per heavy atom. The Bertz CT molecular complexity index is 453. The van der Waals surface area contributed by atoms with Crippen LogP contribution < -0.4 is 20.1 Å². The van der Waals surface area contributed by atoms with Crippen LogP contribution in [-0.2, 0) is 4.74 Å². The molecule has 1 unspecified atom stereocenters. The Labute approximate surface area is 124 Å². The molecule has 0 fully saturated rings. The Kier molecular flexibility index (Phi) is 6.15. The number of amides is 2. The van der Waals surface area contributed by atoms with E-state index < -0.39 is 0 Å². The minimum atomic E-state index is -0.200. The maximum absolute atomic E-state index is 11.6. The average molecular weight is 294 g/mol. The lowest BCUT2D eigenvalue weighted by Crippen LogP contribution is -2.44. The third kappa shape index (κ3) is 5.15. The molecule has 0 aromatic heterocycles. The van der Waals surface area contributed by atoms with Crippen molar-refractivity contribution in [1.82, 2.24) is 10.6 Å². The SMILES string of the molecule is CCOCCCNC(=O)NCC1COc2ccccc2O1. The van der Waals surface area contributed by atoms with E-state index >= 15 is 0 Å². The summed E-state index contributed by atoms with van der Waals surface area (Å²) in [4.78, 5) is 11.6. The molecule has 0 saturated carbocycles. The number of nitrogens with one attached hydrogen (secondary N) is 2. The summed E-state index contributed by atoms with van der Waals surface area (Å²) in [5, 5.41) is 5.55. The lowest BCUT2D eigenvalue weighted by Gasteiger charge is -2.26. The predicted molar refractivity (Wildman–Crippen MR) is 78.9 cm³/mol. The quantitative estimate of drug-likeness (QED) is 0.749. The molecular formula is C15H22N2O4. The summed E-state index contributed by atoms with van der Waals surface area (Å²) in [6.07, 6.45) is 0.631. The summed E-state index contributed by atoms with van der Waals surface area (Å²) >= 11 is 0. The molecule has 6 nitrogen and oxygen atoms in total. The molecule has 2 amide bonds. The van der Waals surface area contributed by atoms with Gasteiger partial charge < -0.3 is 24.8 Å². The van der Waals surface area contributed by atoms with E-state index in [1.54, 1.807) is 0 Å². The van der Waals surface area contributed by atoms with Crippen molar-refractivity contribution in [3.63, 3.8) is 0 Å². The van der Waals surface area contributed by atoms with Crippen molar-refractivity contribution in [3.8, 4) is 11.5 Å². The van der Waals surface area contributed by atoms with Gasteiger partial charge in [0, 0.05) is 19.8 Å². The van der Waals surface area contributed by atoms with Crippen molar-refractivity contribution in [2.75, 3.05) is 32.9 Å². The van der Waals surface area contributed by atoms with Gasteiger partial charge in [-0.2, -0.15) is 0 Å². The number of para-hydroxylation sites is 2. The maximum atomic E-state index is 11.6. The van der Waals surface area contributed by atoms with Gasteiger partial charge in [0.25, 0.3) is 0 Å². The summed E-state index contributed by atoms with van der Waals surface area (Å²) in [5.41, 5.74) is 0. The third-order valence-electron chi connectivity index (χ3n) is 3.01. The molecule has 1 heterocycles. The summed E-state index contributed by atoms with van der Waals surface area (Å²) in [7, 11) is 0. The van der Waals surface area contributed by atoms with Gasteiger partial charge in [-0.1, -0.05) is 12.1 Å². The average Bonchev–Trinajstić information content (AvgIpc) is 2.52. The van der Waals surface area contributed by atoms with Crippen molar-refractivity contribution in [2.45, 2.75) is 19.4 Å². The van der Waals surface area contributed by atoms with Gasteiger partial charge in [0.2, 0.25) is 0 Å². The molecule has 1 aromatic rings. The molecule has 0 radical (unpaired) electrons. The number of carbonyl (C=O) groups is 1. The monoisotopic (exact) mass is 294 g/mol. The minimum Gasteiger partial charge on any atom is -0.486 e. The number of carbonyl (C=O) groups excluding carboxylic acids is 1. The minimum absolute atomic E-state index is 0.172. The van der Waals surface area contributed by atoms with E-state index in [4.69, 9.17) is 14.2 Å². The fourth-order valence-electron chi connectivity index (χ4n) is 1.95. The van der Waals surface area contributed by atoms with E-state index in [2.05, 4.69) is 10.6 Å². The molecule has 0 spiro atoms. The molecule has 1 aliphatic heterocycles. The van der Waals surface area contributed by atoms with Crippen molar-refractivity contribution in [1.29, 1.82) is 0 Å². The normalized spacial score (nSPS) is 16.3. The van der Waals surface area contributed by atoms with Gasteiger partial charge >= 0.3 is 6.03 Å². The summed E-state index contributed by atoms with van der Waals surface area (Å²) in [6, 6.07) is 7.31. The zero-order chi connectivity index (χ0) is 14.9. The number of urea groups is 1. The van der Waals surface area contributed by atoms with Crippen LogP contribution in [0.5, 0.6) is 11.5 Å². The second-order valence-corrected chi connectivity index (χ2v) is 4.68. The van der Waals surface area contributed by atoms with Crippen molar-refractivity contribution < 1.29 is 19.0 Å². The Hall–Kier alpha value is -1.95. The molecule has 6 heteroatoms. The van der Waals surface area contributed by atoms with Gasteiger partial charge in [-0.05, 0) is 25.5 Å². The first kappa shape index (κ1) is 15.4. The molecular weight excluding hydrogens is 272 g/mol.